The zero-order valence-corrected chi connectivity index (χ0v) is 10.6. The minimum absolute atomic E-state index is 0.0377. The van der Waals surface area contributed by atoms with Crippen molar-refractivity contribution in [2.24, 2.45) is 0 Å². The van der Waals surface area contributed by atoms with Gasteiger partial charge in [0.15, 0.2) is 0 Å². The van der Waals surface area contributed by atoms with Crippen LogP contribution in [-0.2, 0) is 9.53 Å². The summed E-state index contributed by atoms with van der Waals surface area (Å²) in [5.41, 5.74) is 0.967. The number of rotatable bonds is 5. The smallest absolute Gasteiger partial charge is 0.339 e. The molecule has 0 aliphatic carbocycles. The number of hydrogen-bond acceptors (Lipinski definition) is 5. The number of aryl methyl sites for hydroxylation is 1. The fraction of sp³-hybridized carbons (Fsp3) is 0.417. The molecule has 1 aromatic heterocycles. The van der Waals surface area contributed by atoms with Crippen molar-refractivity contribution in [2.45, 2.75) is 13.3 Å². The number of hydrogen-bond donors (Lipinski definition) is 1. The largest absolute Gasteiger partial charge is 0.481 e. The Bertz CT molecular complexity index is 459. The molecule has 1 N–H and O–H groups in total. The highest BCUT2D eigenvalue weighted by Gasteiger charge is 2.12. The van der Waals surface area contributed by atoms with Crippen LogP contribution in [0.2, 0.25) is 0 Å². The second-order valence-electron chi connectivity index (χ2n) is 3.86. The molecule has 0 atom stereocenters. The van der Waals surface area contributed by atoms with Crippen molar-refractivity contribution in [3.05, 3.63) is 23.4 Å². The highest BCUT2D eigenvalue weighted by molar-refractivity contribution is 5.90. The SMILES string of the molecule is COC(=O)c1ccc(N(C)CCC(=O)O)nc1C. The number of carbonyl (C=O) groups excluding carboxylic acids is 1. The van der Waals surface area contributed by atoms with Crippen molar-refractivity contribution in [3.63, 3.8) is 0 Å². The first kappa shape index (κ1) is 14.0. The van der Waals surface area contributed by atoms with E-state index in [9.17, 15) is 9.59 Å². The molecule has 1 rings (SSSR count). The van der Waals surface area contributed by atoms with Gasteiger partial charge in [-0.05, 0) is 19.1 Å². The Kier molecular flexibility index (Phi) is 4.65. The maximum Gasteiger partial charge on any atom is 0.339 e. The molecule has 0 spiro atoms. The normalized spacial score (nSPS) is 9.94. The third-order valence-corrected chi connectivity index (χ3v) is 2.53. The highest BCUT2D eigenvalue weighted by atomic mass is 16.5. The summed E-state index contributed by atoms with van der Waals surface area (Å²) < 4.78 is 4.63. The van der Waals surface area contributed by atoms with E-state index >= 15 is 0 Å². The van der Waals surface area contributed by atoms with Gasteiger partial charge in [-0.3, -0.25) is 4.79 Å². The third-order valence-electron chi connectivity index (χ3n) is 2.53. The molecule has 0 aliphatic heterocycles. The third kappa shape index (κ3) is 3.44. The van der Waals surface area contributed by atoms with E-state index in [0.717, 1.165) is 0 Å². The standard InChI is InChI=1S/C12H16N2O4/c1-8-9(12(17)18-3)4-5-10(13-8)14(2)7-6-11(15)16/h4-5H,6-7H2,1-3H3,(H,15,16). The first-order valence-electron chi connectivity index (χ1n) is 5.44. The molecule has 0 aromatic carbocycles. The van der Waals surface area contributed by atoms with Crippen molar-refractivity contribution in [3.8, 4) is 0 Å². The summed E-state index contributed by atoms with van der Waals surface area (Å²) in [6, 6.07) is 3.29. The fourth-order valence-electron chi connectivity index (χ4n) is 1.46. The number of pyridine rings is 1. The summed E-state index contributed by atoms with van der Waals surface area (Å²) >= 11 is 0. The van der Waals surface area contributed by atoms with Gasteiger partial charge in [-0.1, -0.05) is 0 Å². The monoisotopic (exact) mass is 252 g/mol. The van der Waals surface area contributed by atoms with Gasteiger partial charge in [0, 0.05) is 13.6 Å². The number of aromatic nitrogens is 1. The molecule has 1 heterocycles. The van der Waals surface area contributed by atoms with Gasteiger partial charge < -0.3 is 14.7 Å². The average Bonchev–Trinajstić information content (AvgIpc) is 2.34. The van der Waals surface area contributed by atoms with Crippen LogP contribution in [0.25, 0.3) is 0 Å². The van der Waals surface area contributed by atoms with E-state index in [1.807, 2.05) is 0 Å². The van der Waals surface area contributed by atoms with Gasteiger partial charge in [-0.25, -0.2) is 9.78 Å². The van der Waals surface area contributed by atoms with Gasteiger partial charge in [0.25, 0.3) is 0 Å². The molecule has 6 nitrogen and oxygen atoms in total. The number of carboxylic acid groups (broad SMARTS) is 1. The number of nitrogens with zero attached hydrogens (tertiary/aromatic N) is 2. The molecule has 0 amide bonds. The van der Waals surface area contributed by atoms with Crippen molar-refractivity contribution in [1.29, 1.82) is 0 Å². The van der Waals surface area contributed by atoms with Crippen LogP contribution >= 0.6 is 0 Å². The second kappa shape index (κ2) is 6.00. The molecule has 0 saturated carbocycles. The Balaban J connectivity index is 2.83. The molecule has 0 fully saturated rings. The van der Waals surface area contributed by atoms with E-state index < -0.39 is 11.9 Å². The Morgan fingerprint density at radius 2 is 2.11 bits per heavy atom. The van der Waals surface area contributed by atoms with Crippen molar-refractivity contribution in [1.82, 2.24) is 4.98 Å². The topological polar surface area (TPSA) is 79.7 Å². The van der Waals surface area contributed by atoms with Crippen LogP contribution in [0.3, 0.4) is 0 Å². The van der Waals surface area contributed by atoms with E-state index in [1.165, 1.54) is 7.11 Å². The molecule has 98 valence electrons. The van der Waals surface area contributed by atoms with Gasteiger partial charge in [0.05, 0.1) is 24.8 Å². The minimum Gasteiger partial charge on any atom is -0.481 e. The lowest BCUT2D eigenvalue weighted by molar-refractivity contribution is -0.136. The maximum atomic E-state index is 11.4. The Morgan fingerprint density at radius 1 is 1.44 bits per heavy atom. The minimum atomic E-state index is -0.857. The lowest BCUT2D eigenvalue weighted by Gasteiger charge is -2.18. The first-order valence-corrected chi connectivity index (χ1v) is 5.44. The summed E-state index contributed by atoms with van der Waals surface area (Å²) in [5.74, 6) is -0.661. The van der Waals surface area contributed by atoms with Gasteiger partial charge in [-0.2, -0.15) is 0 Å². The summed E-state index contributed by atoms with van der Waals surface area (Å²) in [6.45, 7) is 2.07. The number of methoxy groups -OCH3 is 1. The molecular formula is C12H16N2O4. The molecule has 0 bridgehead atoms. The average molecular weight is 252 g/mol. The van der Waals surface area contributed by atoms with Crippen LogP contribution < -0.4 is 4.90 Å². The van der Waals surface area contributed by atoms with Crippen molar-refractivity contribution >= 4 is 17.8 Å². The number of ether oxygens (including phenoxy) is 1. The Morgan fingerprint density at radius 3 is 2.61 bits per heavy atom. The second-order valence-corrected chi connectivity index (χ2v) is 3.86. The predicted molar refractivity (Wildman–Crippen MR) is 65.8 cm³/mol. The van der Waals surface area contributed by atoms with Gasteiger partial charge >= 0.3 is 11.9 Å². The fourth-order valence-corrected chi connectivity index (χ4v) is 1.46. The van der Waals surface area contributed by atoms with E-state index in [2.05, 4.69) is 9.72 Å². The van der Waals surface area contributed by atoms with Crippen LogP contribution in [0.4, 0.5) is 5.82 Å². The van der Waals surface area contributed by atoms with E-state index in [-0.39, 0.29) is 6.42 Å². The van der Waals surface area contributed by atoms with Crippen LogP contribution in [0.5, 0.6) is 0 Å². The molecular weight excluding hydrogens is 236 g/mol. The summed E-state index contributed by atoms with van der Waals surface area (Å²) in [6.07, 6.45) is 0.0377. The van der Waals surface area contributed by atoms with Crippen LogP contribution in [0, 0.1) is 6.92 Å². The molecule has 6 heteroatoms. The molecule has 0 unspecified atom stereocenters. The quantitative estimate of drug-likeness (QED) is 0.790. The van der Waals surface area contributed by atoms with E-state index in [1.54, 1.807) is 31.0 Å². The van der Waals surface area contributed by atoms with Gasteiger partial charge in [0.2, 0.25) is 0 Å². The molecule has 0 radical (unpaired) electrons. The van der Waals surface area contributed by atoms with Gasteiger partial charge in [-0.15, -0.1) is 0 Å². The van der Waals surface area contributed by atoms with Crippen LogP contribution in [0.1, 0.15) is 22.5 Å². The molecule has 0 saturated heterocycles. The predicted octanol–water partition coefficient (Wildman–Crippen LogP) is 1.09. The van der Waals surface area contributed by atoms with Crippen LogP contribution in [-0.4, -0.2) is 42.7 Å². The summed E-state index contributed by atoms with van der Waals surface area (Å²) in [4.78, 5) is 27.8. The summed E-state index contributed by atoms with van der Waals surface area (Å²) in [7, 11) is 3.07. The van der Waals surface area contributed by atoms with Crippen LogP contribution in [0.15, 0.2) is 12.1 Å². The highest BCUT2D eigenvalue weighted by Crippen LogP contribution is 2.14. The zero-order chi connectivity index (χ0) is 13.7. The van der Waals surface area contributed by atoms with Gasteiger partial charge in [0.1, 0.15) is 5.82 Å². The number of anilines is 1. The van der Waals surface area contributed by atoms with Crippen molar-refractivity contribution in [2.75, 3.05) is 25.6 Å². The summed E-state index contributed by atoms with van der Waals surface area (Å²) in [5, 5.41) is 8.60. The maximum absolute atomic E-state index is 11.4. The molecule has 18 heavy (non-hydrogen) atoms. The first-order chi connectivity index (χ1) is 8.45. The number of aliphatic carboxylic acids is 1. The number of carboxylic acids is 1. The lowest BCUT2D eigenvalue weighted by Crippen LogP contribution is -2.22. The number of esters is 1. The van der Waals surface area contributed by atoms with Crippen molar-refractivity contribution < 1.29 is 19.4 Å². The van der Waals surface area contributed by atoms with E-state index in [0.29, 0.717) is 23.6 Å². The van der Waals surface area contributed by atoms with E-state index in [4.69, 9.17) is 5.11 Å². The lowest BCUT2D eigenvalue weighted by atomic mass is 10.2. The Hall–Kier alpha value is -2.11. The molecule has 0 aliphatic rings. The Labute approximate surface area is 105 Å². The number of carbonyl (C=O) groups is 2. The molecule has 1 aromatic rings. The zero-order valence-electron chi connectivity index (χ0n) is 10.6.